The Hall–Kier alpha value is -0.250. The highest BCUT2D eigenvalue weighted by Gasteiger charge is 2.08. The summed E-state index contributed by atoms with van der Waals surface area (Å²) in [4.78, 5) is 0. The molecule has 1 aromatic carbocycles. The van der Waals surface area contributed by atoms with Crippen molar-refractivity contribution in [3.63, 3.8) is 0 Å². The van der Waals surface area contributed by atoms with Gasteiger partial charge in [0.1, 0.15) is 0 Å². The van der Waals surface area contributed by atoms with Crippen molar-refractivity contribution in [2.24, 2.45) is 0 Å². The number of unbranched alkanes of at least 4 members (excludes halogenated alkanes) is 6. The van der Waals surface area contributed by atoms with Gasteiger partial charge in [0.25, 0.3) is 0 Å². The van der Waals surface area contributed by atoms with E-state index in [1.54, 1.807) is 0 Å². The third-order valence-corrected chi connectivity index (χ3v) is 4.88. The monoisotopic (exact) mass is 375 g/mol. The molecule has 0 aromatic heterocycles. The number of anilines is 1. The molecule has 1 rings (SSSR count). The molecule has 0 aliphatic heterocycles. The fourth-order valence-electron chi connectivity index (χ4n) is 2.38. The highest BCUT2D eigenvalue weighted by Crippen LogP contribution is 2.26. The van der Waals surface area contributed by atoms with E-state index in [9.17, 15) is 5.11 Å². The highest BCUT2D eigenvalue weighted by atomic mass is 79.9. The van der Waals surface area contributed by atoms with Crippen LogP contribution in [0.15, 0.2) is 22.7 Å². The van der Waals surface area contributed by atoms with E-state index < -0.39 is 0 Å². The van der Waals surface area contributed by atoms with E-state index in [0.29, 0.717) is 5.02 Å². The molecule has 120 valence electrons. The van der Waals surface area contributed by atoms with Crippen molar-refractivity contribution in [3.05, 3.63) is 27.7 Å². The van der Waals surface area contributed by atoms with Crippen molar-refractivity contribution >= 4 is 33.2 Å². The second-order valence-electron chi connectivity index (χ2n) is 5.56. The van der Waals surface area contributed by atoms with Gasteiger partial charge in [0, 0.05) is 16.2 Å². The summed E-state index contributed by atoms with van der Waals surface area (Å²) in [6.07, 6.45) is 10.1. The van der Waals surface area contributed by atoms with Gasteiger partial charge in [0.2, 0.25) is 0 Å². The summed E-state index contributed by atoms with van der Waals surface area (Å²) >= 11 is 9.40. The largest absolute Gasteiger partial charge is 0.394 e. The minimum absolute atomic E-state index is 0.119. The molecule has 0 saturated carbocycles. The molecule has 0 spiro atoms. The van der Waals surface area contributed by atoms with Crippen molar-refractivity contribution < 1.29 is 5.11 Å². The lowest BCUT2D eigenvalue weighted by atomic mass is 10.1. The van der Waals surface area contributed by atoms with E-state index >= 15 is 0 Å². The lowest BCUT2D eigenvalue weighted by molar-refractivity contribution is 0.266. The first-order chi connectivity index (χ1) is 10.2. The van der Waals surface area contributed by atoms with E-state index in [4.69, 9.17) is 11.6 Å². The first kappa shape index (κ1) is 18.8. The minimum Gasteiger partial charge on any atom is -0.394 e. The molecule has 21 heavy (non-hydrogen) atoms. The second-order valence-corrected chi connectivity index (χ2v) is 6.82. The average molecular weight is 377 g/mol. The molecular formula is C17H27BrClNO. The molecule has 0 amide bonds. The van der Waals surface area contributed by atoms with Crippen LogP contribution < -0.4 is 5.32 Å². The minimum atomic E-state index is 0.119. The predicted octanol–water partition coefficient (Wildman–Crippen LogP) is 6.02. The molecule has 0 saturated heterocycles. The molecule has 2 N–H and O–H groups in total. The van der Waals surface area contributed by atoms with Crippen LogP contribution in [0.2, 0.25) is 5.02 Å². The number of aliphatic hydroxyl groups excluding tert-OH is 1. The Labute approximate surface area is 142 Å². The van der Waals surface area contributed by atoms with Crippen molar-refractivity contribution in [2.75, 3.05) is 11.9 Å². The van der Waals surface area contributed by atoms with Crippen molar-refractivity contribution in [3.8, 4) is 0 Å². The van der Waals surface area contributed by atoms with Gasteiger partial charge in [-0.3, -0.25) is 0 Å². The molecule has 0 fully saturated rings. The summed E-state index contributed by atoms with van der Waals surface area (Å²) < 4.78 is 0.877. The molecule has 0 aliphatic carbocycles. The number of nitrogens with one attached hydrogen (secondary N) is 1. The van der Waals surface area contributed by atoms with Gasteiger partial charge in [0.05, 0.1) is 11.6 Å². The third kappa shape index (κ3) is 8.08. The lowest BCUT2D eigenvalue weighted by Crippen LogP contribution is -2.23. The van der Waals surface area contributed by atoms with Crippen molar-refractivity contribution in [2.45, 2.75) is 64.3 Å². The molecule has 1 unspecified atom stereocenters. The summed E-state index contributed by atoms with van der Waals surface area (Å²) in [7, 11) is 0. The van der Waals surface area contributed by atoms with Gasteiger partial charge in [-0.2, -0.15) is 0 Å². The smallest absolute Gasteiger partial charge is 0.0632 e. The van der Waals surface area contributed by atoms with Gasteiger partial charge in [-0.05, 0) is 40.5 Å². The molecule has 4 heteroatoms. The Morgan fingerprint density at radius 1 is 1.14 bits per heavy atom. The van der Waals surface area contributed by atoms with Crippen molar-refractivity contribution in [1.29, 1.82) is 0 Å². The van der Waals surface area contributed by atoms with Crippen LogP contribution in [-0.2, 0) is 0 Å². The number of benzene rings is 1. The van der Waals surface area contributed by atoms with Crippen LogP contribution in [0.4, 0.5) is 5.69 Å². The maximum atomic E-state index is 9.48. The van der Waals surface area contributed by atoms with Crippen LogP contribution in [0.5, 0.6) is 0 Å². The Bertz CT molecular complexity index is 400. The fraction of sp³-hybridized carbons (Fsp3) is 0.647. The number of hydrogen-bond acceptors (Lipinski definition) is 2. The molecule has 0 aliphatic rings. The van der Waals surface area contributed by atoms with E-state index in [2.05, 4.69) is 28.2 Å². The maximum absolute atomic E-state index is 9.48. The van der Waals surface area contributed by atoms with Crippen LogP contribution in [0, 0.1) is 0 Å². The summed E-state index contributed by atoms with van der Waals surface area (Å²) in [5.74, 6) is 0. The molecule has 1 aromatic rings. The van der Waals surface area contributed by atoms with Crippen LogP contribution in [0.1, 0.15) is 58.3 Å². The van der Waals surface area contributed by atoms with E-state index in [1.807, 2.05) is 18.2 Å². The SMILES string of the molecule is CCCCCCCCCC(CO)Nc1ccc(Cl)c(Br)c1. The fourth-order valence-corrected chi connectivity index (χ4v) is 2.87. The molecule has 0 bridgehead atoms. The maximum Gasteiger partial charge on any atom is 0.0632 e. The zero-order valence-electron chi connectivity index (χ0n) is 12.9. The van der Waals surface area contributed by atoms with Gasteiger partial charge >= 0.3 is 0 Å². The van der Waals surface area contributed by atoms with E-state index in [0.717, 1.165) is 16.6 Å². The molecule has 2 nitrogen and oxygen atoms in total. The Kier molecular flexibility index (Phi) is 10.1. The number of aliphatic hydroxyl groups is 1. The van der Waals surface area contributed by atoms with Crippen LogP contribution >= 0.6 is 27.5 Å². The van der Waals surface area contributed by atoms with Crippen LogP contribution in [0.3, 0.4) is 0 Å². The highest BCUT2D eigenvalue weighted by molar-refractivity contribution is 9.10. The molecule has 0 heterocycles. The Balaban J connectivity index is 2.23. The Morgan fingerprint density at radius 2 is 1.81 bits per heavy atom. The van der Waals surface area contributed by atoms with Gasteiger partial charge in [-0.15, -0.1) is 0 Å². The number of rotatable bonds is 11. The van der Waals surface area contributed by atoms with Crippen molar-refractivity contribution in [1.82, 2.24) is 0 Å². The van der Waals surface area contributed by atoms with Gasteiger partial charge in [-0.1, -0.05) is 63.5 Å². The Morgan fingerprint density at radius 3 is 2.43 bits per heavy atom. The van der Waals surface area contributed by atoms with Crippen LogP contribution in [0.25, 0.3) is 0 Å². The second kappa shape index (κ2) is 11.3. The van der Waals surface area contributed by atoms with Gasteiger partial charge in [0.15, 0.2) is 0 Å². The summed E-state index contributed by atoms with van der Waals surface area (Å²) in [5, 5.41) is 13.6. The number of hydrogen-bond donors (Lipinski definition) is 2. The lowest BCUT2D eigenvalue weighted by Gasteiger charge is -2.18. The summed E-state index contributed by atoms with van der Waals surface area (Å²) in [5.41, 5.74) is 0.994. The van der Waals surface area contributed by atoms with E-state index in [1.165, 1.54) is 44.9 Å². The van der Waals surface area contributed by atoms with Gasteiger partial charge in [-0.25, -0.2) is 0 Å². The zero-order chi connectivity index (χ0) is 15.5. The third-order valence-electron chi connectivity index (χ3n) is 3.67. The quantitative estimate of drug-likeness (QED) is 0.463. The topological polar surface area (TPSA) is 32.3 Å². The number of halogens is 2. The predicted molar refractivity (Wildman–Crippen MR) is 96.3 cm³/mol. The normalized spacial score (nSPS) is 12.4. The standard InChI is InChI=1S/C17H27BrClNO/c1-2-3-4-5-6-7-8-9-15(13-21)20-14-10-11-17(19)16(18)12-14/h10-12,15,20-21H,2-9,13H2,1H3. The zero-order valence-corrected chi connectivity index (χ0v) is 15.2. The van der Waals surface area contributed by atoms with Gasteiger partial charge < -0.3 is 10.4 Å². The first-order valence-corrected chi connectivity index (χ1v) is 9.17. The molecule has 1 atom stereocenters. The van der Waals surface area contributed by atoms with E-state index in [-0.39, 0.29) is 12.6 Å². The average Bonchev–Trinajstić information content (AvgIpc) is 2.48. The summed E-state index contributed by atoms with van der Waals surface area (Å²) in [6, 6.07) is 5.88. The first-order valence-electron chi connectivity index (χ1n) is 7.99. The molecular weight excluding hydrogens is 350 g/mol. The summed E-state index contributed by atoms with van der Waals surface area (Å²) in [6.45, 7) is 2.41. The molecule has 0 radical (unpaired) electrons. The van der Waals surface area contributed by atoms with Crippen LogP contribution in [-0.4, -0.2) is 17.8 Å².